The number of amides is 1. The first-order chi connectivity index (χ1) is 8.74. The third-order valence-corrected chi connectivity index (χ3v) is 2.99. The fourth-order valence-corrected chi connectivity index (χ4v) is 1.83. The molecule has 18 heavy (non-hydrogen) atoms. The summed E-state index contributed by atoms with van der Waals surface area (Å²) in [5, 5.41) is 7.74. The predicted molar refractivity (Wildman–Crippen MR) is 71.4 cm³/mol. The Morgan fingerprint density at radius 1 is 1.22 bits per heavy atom. The van der Waals surface area contributed by atoms with E-state index in [0.29, 0.717) is 12.2 Å². The maximum atomic E-state index is 12.4. The highest BCUT2D eigenvalue weighted by molar-refractivity contribution is 5.92. The van der Waals surface area contributed by atoms with Gasteiger partial charge in [-0.2, -0.15) is 0 Å². The lowest BCUT2D eigenvalue weighted by molar-refractivity contribution is 0.0738. The summed E-state index contributed by atoms with van der Waals surface area (Å²) in [4.78, 5) is 14.4. The van der Waals surface area contributed by atoms with Gasteiger partial charge in [0.1, 0.15) is 5.69 Å². The highest BCUT2D eigenvalue weighted by Gasteiger charge is 2.19. The van der Waals surface area contributed by atoms with E-state index in [-0.39, 0.29) is 5.91 Å². The van der Waals surface area contributed by atoms with E-state index in [0.717, 1.165) is 38.8 Å². The van der Waals surface area contributed by atoms with Crippen molar-refractivity contribution in [2.24, 2.45) is 0 Å². The minimum absolute atomic E-state index is 0.0590. The van der Waals surface area contributed by atoms with Crippen LogP contribution < -0.4 is 0 Å². The number of aromatic nitrogens is 3. The summed E-state index contributed by atoms with van der Waals surface area (Å²) < 4.78 is 1.66. The third-order valence-electron chi connectivity index (χ3n) is 2.99. The van der Waals surface area contributed by atoms with Gasteiger partial charge in [-0.3, -0.25) is 4.79 Å². The molecule has 1 amide bonds. The first-order valence-corrected chi connectivity index (χ1v) is 6.92. The van der Waals surface area contributed by atoms with Crippen molar-refractivity contribution in [3.63, 3.8) is 0 Å². The van der Waals surface area contributed by atoms with Gasteiger partial charge in [-0.15, -0.1) is 5.10 Å². The number of aryl methyl sites for hydroxylation is 1. The normalized spacial score (nSPS) is 10.6. The van der Waals surface area contributed by atoms with Crippen LogP contribution in [0.3, 0.4) is 0 Å². The molecule has 0 saturated carbocycles. The van der Waals surface area contributed by atoms with E-state index in [4.69, 9.17) is 0 Å². The van der Waals surface area contributed by atoms with Crippen LogP contribution in [-0.2, 0) is 6.54 Å². The number of unbranched alkanes of at least 4 members (excludes halogenated alkanes) is 2. The average Bonchev–Trinajstić information content (AvgIpc) is 2.86. The Labute approximate surface area is 109 Å². The smallest absolute Gasteiger partial charge is 0.273 e. The molecule has 0 spiro atoms. The van der Waals surface area contributed by atoms with E-state index < -0.39 is 0 Å². The molecule has 0 N–H and O–H groups in total. The molecule has 0 aliphatic rings. The van der Waals surface area contributed by atoms with E-state index in [9.17, 15) is 4.79 Å². The highest BCUT2D eigenvalue weighted by Crippen LogP contribution is 2.07. The molecule has 0 fully saturated rings. The topological polar surface area (TPSA) is 51.0 Å². The molecule has 0 aliphatic carbocycles. The molecular formula is C13H24N4O. The number of hydrogen-bond acceptors (Lipinski definition) is 3. The van der Waals surface area contributed by atoms with E-state index in [2.05, 4.69) is 24.2 Å². The zero-order valence-corrected chi connectivity index (χ0v) is 11.7. The van der Waals surface area contributed by atoms with Gasteiger partial charge in [0.05, 0.1) is 6.20 Å². The maximum Gasteiger partial charge on any atom is 0.273 e. The largest absolute Gasteiger partial charge is 0.337 e. The van der Waals surface area contributed by atoms with Crippen molar-refractivity contribution in [3.8, 4) is 0 Å². The molecule has 5 nitrogen and oxygen atoms in total. The van der Waals surface area contributed by atoms with Gasteiger partial charge in [-0.1, -0.05) is 31.9 Å². The molecule has 0 aliphatic heterocycles. The monoisotopic (exact) mass is 252 g/mol. The van der Waals surface area contributed by atoms with Crippen LogP contribution in [0.1, 0.15) is 56.9 Å². The quantitative estimate of drug-likeness (QED) is 0.713. The summed E-state index contributed by atoms with van der Waals surface area (Å²) in [7, 11) is 0. The zero-order valence-electron chi connectivity index (χ0n) is 11.7. The van der Waals surface area contributed by atoms with Crippen molar-refractivity contribution in [1.29, 1.82) is 0 Å². The fraction of sp³-hybridized carbons (Fsp3) is 0.769. The highest BCUT2D eigenvalue weighted by atomic mass is 16.2. The van der Waals surface area contributed by atoms with E-state index in [1.165, 1.54) is 0 Å². The summed E-state index contributed by atoms with van der Waals surface area (Å²) >= 11 is 0. The lowest BCUT2D eigenvalue weighted by atomic mass is 10.2. The molecule has 0 unspecified atom stereocenters. The van der Waals surface area contributed by atoms with Crippen LogP contribution in [0.25, 0.3) is 0 Å². The number of nitrogens with zero attached hydrogens (tertiary/aromatic N) is 4. The van der Waals surface area contributed by atoms with Crippen molar-refractivity contribution >= 4 is 5.91 Å². The molecule has 5 heteroatoms. The van der Waals surface area contributed by atoms with Gasteiger partial charge in [-0.05, 0) is 19.8 Å². The first kappa shape index (κ1) is 14.7. The predicted octanol–water partition coefficient (Wildman–Crippen LogP) is 2.34. The number of carbonyl (C=O) groups excluding carboxylic acids is 1. The van der Waals surface area contributed by atoms with Gasteiger partial charge < -0.3 is 4.90 Å². The SMILES string of the molecule is CCCCN(CCCC)C(=O)c1cnnn1CC. The van der Waals surface area contributed by atoms with E-state index in [1.54, 1.807) is 10.9 Å². The minimum Gasteiger partial charge on any atom is -0.337 e. The minimum atomic E-state index is 0.0590. The summed E-state index contributed by atoms with van der Waals surface area (Å²) in [6, 6.07) is 0. The maximum absolute atomic E-state index is 12.4. The van der Waals surface area contributed by atoms with Crippen molar-refractivity contribution < 1.29 is 4.79 Å². The standard InChI is InChI=1S/C13H24N4O/c1-4-7-9-16(10-8-5-2)13(18)12-11-14-15-17(12)6-3/h11H,4-10H2,1-3H3. The van der Waals surface area contributed by atoms with E-state index in [1.807, 2.05) is 11.8 Å². The molecular weight excluding hydrogens is 228 g/mol. The molecule has 1 heterocycles. The van der Waals surface area contributed by atoms with Crippen LogP contribution in [0.15, 0.2) is 6.20 Å². The van der Waals surface area contributed by atoms with Crippen LogP contribution in [0.5, 0.6) is 0 Å². The van der Waals surface area contributed by atoms with Gasteiger partial charge >= 0.3 is 0 Å². The van der Waals surface area contributed by atoms with Crippen LogP contribution in [0, 0.1) is 0 Å². The van der Waals surface area contributed by atoms with Crippen molar-refractivity contribution in [2.45, 2.75) is 53.0 Å². The Hall–Kier alpha value is -1.39. The van der Waals surface area contributed by atoms with Crippen molar-refractivity contribution in [1.82, 2.24) is 19.9 Å². The van der Waals surface area contributed by atoms with Crippen molar-refractivity contribution in [2.75, 3.05) is 13.1 Å². The summed E-state index contributed by atoms with van der Waals surface area (Å²) in [5.41, 5.74) is 0.602. The Morgan fingerprint density at radius 2 is 1.83 bits per heavy atom. The Bertz CT molecular complexity index is 354. The van der Waals surface area contributed by atoms with Gasteiger partial charge in [-0.25, -0.2) is 4.68 Å². The molecule has 0 aromatic carbocycles. The lowest BCUT2D eigenvalue weighted by Crippen LogP contribution is -2.34. The van der Waals surface area contributed by atoms with Gasteiger partial charge in [0.25, 0.3) is 5.91 Å². The van der Waals surface area contributed by atoms with Crippen molar-refractivity contribution in [3.05, 3.63) is 11.9 Å². The molecule has 1 aromatic rings. The average molecular weight is 252 g/mol. The molecule has 1 rings (SSSR count). The Kier molecular flexibility index (Phi) is 6.39. The molecule has 102 valence electrons. The van der Waals surface area contributed by atoms with Crippen LogP contribution in [0.2, 0.25) is 0 Å². The Balaban J connectivity index is 2.73. The molecule has 0 saturated heterocycles. The number of rotatable bonds is 8. The van der Waals surface area contributed by atoms with Crippen LogP contribution >= 0.6 is 0 Å². The first-order valence-electron chi connectivity index (χ1n) is 6.92. The summed E-state index contributed by atoms with van der Waals surface area (Å²) in [6.07, 6.45) is 5.85. The molecule has 0 radical (unpaired) electrons. The summed E-state index contributed by atoms with van der Waals surface area (Å²) in [6.45, 7) is 8.57. The van der Waals surface area contributed by atoms with Gasteiger partial charge in [0.15, 0.2) is 0 Å². The van der Waals surface area contributed by atoms with Crippen LogP contribution in [0.4, 0.5) is 0 Å². The fourth-order valence-electron chi connectivity index (χ4n) is 1.83. The number of hydrogen-bond donors (Lipinski definition) is 0. The second-order valence-corrected chi connectivity index (χ2v) is 4.43. The van der Waals surface area contributed by atoms with E-state index >= 15 is 0 Å². The second-order valence-electron chi connectivity index (χ2n) is 4.43. The second kappa shape index (κ2) is 7.84. The Morgan fingerprint density at radius 3 is 2.33 bits per heavy atom. The number of carbonyl (C=O) groups is 1. The van der Waals surface area contributed by atoms with Crippen LogP contribution in [-0.4, -0.2) is 38.9 Å². The lowest BCUT2D eigenvalue weighted by Gasteiger charge is -2.22. The van der Waals surface area contributed by atoms with Gasteiger partial charge in [0.2, 0.25) is 0 Å². The van der Waals surface area contributed by atoms with Gasteiger partial charge in [0, 0.05) is 19.6 Å². The third kappa shape index (κ3) is 3.82. The zero-order chi connectivity index (χ0) is 13.4. The summed E-state index contributed by atoms with van der Waals surface area (Å²) in [5.74, 6) is 0.0590. The molecule has 0 bridgehead atoms. The molecule has 0 atom stereocenters. The molecule has 1 aromatic heterocycles.